The fourth-order valence-corrected chi connectivity index (χ4v) is 2.08. The standard InChI is InChI=1S/C9H12N4OS/c10-8(14)5-15-9-11-6-3-1-2-4-7(6)12-13-9/h1-5H2,(H2,10,14). The van der Waals surface area contributed by atoms with Crippen LogP contribution in [0.25, 0.3) is 0 Å². The van der Waals surface area contributed by atoms with Gasteiger partial charge in [0.05, 0.1) is 17.1 Å². The van der Waals surface area contributed by atoms with Crippen molar-refractivity contribution in [2.24, 2.45) is 5.73 Å². The molecule has 1 amide bonds. The van der Waals surface area contributed by atoms with Crippen LogP contribution in [0, 0.1) is 0 Å². The van der Waals surface area contributed by atoms with Crippen molar-refractivity contribution >= 4 is 17.7 Å². The van der Waals surface area contributed by atoms with Gasteiger partial charge in [0, 0.05) is 0 Å². The van der Waals surface area contributed by atoms with E-state index in [1.54, 1.807) is 0 Å². The molecule has 0 spiro atoms. The molecule has 1 aromatic rings. The molecule has 0 aliphatic heterocycles. The molecule has 0 radical (unpaired) electrons. The first-order valence-electron chi connectivity index (χ1n) is 4.89. The van der Waals surface area contributed by atoms with Crippen LogP contribution in [0.2, 0.25) is 0 Å². The molecule has 0 unspecified atom stereocenters. The van der Waals surface area contributed by atoms with Gasteiger partial charge in [0.1, 0.15) is 0 Å². The number of aromatic nitrogens is 3. The average molecular weight is 224 g/mol. The summed E-state index contributed by atoms with van der Waals surface area (Å²) in [6.07, 6.45) is 4.26. The summed E-state index contributed by atoms with van der Waals surface area (Å²) in [6, 6.07) is 0. The van der Waals surface area contributed by atoms with Gasteiger partial charge in [0.25, 0.3) is 0 Å². The van der Waals surface area contributed by atoms with Crippen LogP contribution in [0.3, 0.4) is 0 Å². The van der Waals surface area contributed by atoms with Gasteiger partial charge in [-0.3, -0.25) is 4.79 Å². The molecule has 1 aromatic heterocycles. The van der Waals surface area contributed by atoms with Gasteiger partial charge in [-0.1, -0.05) is 11.8 Å². The number of nitrogens with zero attached hydrogens (tertiary/aromatic N) is 3. The minimum atomic E-state index is -0.360. The zero-order valence-corrected chi connectivity index (χ0v) is 9.09. The maximum absolute atomic E-state index is 10.6. The number of thioether (sulfide) groups is 1. The Labute approximate surface area is 91.9 Å². The second kappa shape index (κ2) is 4.57. The molecule has 6 heteroatoms. The van der Waals surface area contributed by atoms with Crippen LogP contribution >= 0.6 is 11.8 Å². The van der Waals surface area contributed by atoms with E-state index in [4.69, 9.17) is 5.73 Å². The number of nitrogens with two attached hydrogens (primary N) is 1. The Balaban J connectivity index is 2.10. The topological polar surface area (TPSA) is 81.8 Å². The van der Waals surface area contributed by atoms with Crippen molar-refractivity contribution in [3.05, 3.63) is 11.4 Å². The van der Waals surface area contributed by atoms with E-state index < -0.39 is 0 Å². The first-order chi connectivity index (χ1) is 7.25. The lowest BCUT2D eigenvalue weighted by Crippen LogP contribution is -2.14. The van der Waals surface area contributed by atoms with E-state index in [9.17, 15) is 4.79 Å². The summed E-state index contributed by atoms with van der Waals surface area (Å²) in [7, 11) is 0. The summed E-state index contributed by atoms with van der Waals surface area (Å²) in [5.74, 6) is -0.151. The number of hydrogen-bond acceptors (Lipinski definition) is 5. The lowest BCUT2D eigenvalue weighted by Gasteiger charge is -2.12. The Hall–Kier alpha value is -1.17. The number of carbonyl (C=O) groups excluding carboxylic acids is 1. The predicted molar refractivity (Wildman–Crippen MR) is 56.4 cm³/mol. The van der Waals surface area contributed by atoms with Crippen LogP contribution in [0.5, 0.6) is 0 Å². The summed E-state index contributed by atoms with van der Waals surface area (Å²) in [6.45, 7) is 0. The highest BCUT2D eigenvalue weighted by atomic mass is 32.2. The molecule has 0 aromatic carbocycles. The average Bonchev–Trinajstić information content (AvgIpc) is 2.26. The van der Waals surface area contributed by atoms with Crippen molar-refractivity contribution in [2.75, 3.05) is 5.75 Å². The zero-order valence-electron chi connectivity index (χ0n) is 8.27. The van der Waals surface area contributed by atoms with E-state index >= 15 is 0 Å². The molecule has 5 nitrogen and oxygen atoms in total. The molecule has 1 aliphatic rings. The van der Waals surface area contributed by atoms with Crippen molar-refractivity contribution in [1.29, 1.82) is 0 Å². The van der Waals surface area contributed by atoms with Gasteiger partial charge in [0.15, 0.2) is 0 Å². The predicted octanol–water partition coefficient (Wildman–Crippen LogP) is 0.328. The summed E-state index contributed by atoms with van der Waals surface area (Å²) in [5, 5.41) is 8.62. The van der Waals surface area contributed by atoms with Gasteiger partial charge in [-0.25, -0.2) is 4.98 Å². The molecule has 0 bridgehead atoms. The van der Waals surface area contributed by atoms with Crippen LogP contribution in [0.1, 0.15) is 24.2 Å². The van der Waals surface area contributed by atoms with Crippen LogP contribution in [-0.2, 0) is 17.6 Å². The Morgan fingerprint density at radius 1 is 1.27 bits per heavy atom. The normalized spacial score (nSPS) is 14.7. The lowest BCUT2D eigenvalue weighted by atomic mass is 10.0. The quantitative estimate of drug-likeness (QED) is 0.748. The van der Waals surface area contributed by atoms with Gasteiger partial charge in [-0.05, 0) is 25.7 Å². The number of fused-ring (bicyclic) bond motifs is 1. The second-order valence-electron chi connectivity index (χ2n) is 3.45. The van der Waals surface area contributed by atoms with E-state index in [2.05, 4.69) is 15.2 Å². The Kier molecular flexibility index (Phi) is 3.15. The largest absolute Gasteiger partial charge is 0.369 e. The van der Waals surface area contributed by atoms with Crippen molar-refractivity contribution in [1.82, 2.24) is 15.2 Å². The van der Waals surface area contributed by atoms with Crippen molar-refractivity contribution in [3.8, 4) is 0 Å². The first-order valence-corrected chi connectivity index (χ1v) is 5.88. The third-order valence-electron chi connectivity index (χ3n) is 2.24. The highest BCUT2D eigenvalue weighted by molar-refractivity contribution is 7.99. The van der Waals surface area contributed by atoms with E-state index in [-0.39, 0.29) is 11.7 Å². The van der Waals surface area contributed by atoms with Crippen molar-refractivity contribution in [2.45, 2.75) is 30.8 Å². The molecule has 15 heavy (non-hydrogen) atoms. The molecule has 2 N–H and O–H groups in total. The number of hydrogen-bond donors (Lipinski definition) is 1. The van der Waals surface area contributed by atoms with Crippen LogP contribution < -0.4 is 5.73 Å². The van der Waals surface area contributed by atoms with Gasteiger partial charge in [0.2, 0.25) is 11.1 Å². The molecule has 1 heterocycles. The molecule has 0 saturated carbocycles. The summed E-state index contributed by atoms with van der Waals surface area (Å²) in [5.41, 5.74) is 7.08. The van der Waals surface area contributed by atoms with E-state index in [1.165, 1.54) is 11.8 Å². The van der Waals surface area contributed by atoms with Crippen LogP contribution in [0.4, 0.5) is 0 Å². The maximum Gasteiger partial charge on any atom is 0.227 e. The minimum absolute atomic E-state index is 0.209. The highest BCUT2D eigenvalue weighted by Gasteiger charge is 2.13. The molecule has 0 atom stereocenters. The van der Waals surface area contributed by atoms with Crippen molar-refractivity contribution < 1.29 is 4.79 Å². The third kappa shape index (κ3) is 2.65. The van der Waals surface area contributed by atoms with Gasteiger partial charge in [-0.2, -0.15) is 5.10 Å². The van der Waals surface area contributed by atoms with Crippen molar-refractivity contribution in [3.63, 3.8) is 0 Å². The summed E-state index contributed by atoms with van der Waals surface area (Å²) in [4.78, 5) is 15.0. The summed E-state index contributed by atoms with van der Waals surface area (Å²) < 4.78 is 0. The number of primary amides is 1. The van der Waals surface area contributed by atoms with Crippen LogP contribution in [0.15, 0.2) is 5.16 Å². The number of rotatable bonds is 3. The fraction of sp³-hybridized carbons (Fsp3) is 0.556. The van der Waals surface area contributed by atoms with E-state index in [0.717, 1.165) is 37.1 Å². The Morgan fingerprint density at radius 3 is 2.73 bits per heavy atom. The Morgan fingerprint density at radius 2 is 2.00 bits per heavy atom. The first kappa shape index (κ1) is 10.4. The monoisotopic (exact) mass is 224 g/mol. The molecule has 80 valence electrons. The smallest absolute Gasteiger partial charge is 0.227 e. The Bertz CT molecular complexity index is 382. The minimum Gasteiger partial charge on any atom is -0.369 e. The van der Waals surface area contributed by atoms with Gasteiger partial charge >= 0.3 is 0 Å². The number of carbonyl (C=O) groups is 1. The molecule has 0 saturated heterocycles. The SMILES string of the molecule is NC(=O)CSc1nnc2c(n1)CCCC2. The molecular weight excluding hydrogens is 212 g/mol. The molecular formula is C9H12N4OS. The number of aryl methyl sites for hydroxylation is 2. The molecule has 1 aliphatic carbocycles. The van der Waals surface area contributed by atoms with Gasteiger partial charge in [-0.15, -0.1) is 5.10 Å². The van der Waals surface area contributed by atoms with Gasteiger partial charge < -0.3 is 5.73 Å². The fourth-order valence-electron chi connectivity index (χ4n) is 1.54. The summed E-state index contributed by atoms with van der Waals surface area (Å²) >= 11 is 1.24. The van der Waals surface area contributed by atoms with Crippen LogP contribution in [-0.4, -0.2) is 26.8 Å². The highest BCUT2D eigenvalue weighted by Crippen LogP contribution is 2.19. The third-order valence-corrected chi connectivity index (χ3v) is 3.10. The molecule has 0 fully saturated rings. The molecule has 2 rings (SSSR count). The van der Waals surface area contributed by atoms with E-state index in [1.807, 2.05) is 0 Å². The second-order valence-corrected chi connectivity index (χ2v) is 4.39. The zero-order chi connectivity index (χ0) is 10.7. The number of amides is 1. The van der Waals surface area contributed by atoms with E-state index in [0.29, 0.717) is 5.16 Å². The lowest BCUT2D eigenvalue weighted by molar-refractivity contribution is -0.115. The maximum atomic E-state index is 10.6.